The number of nitrogens with zero attached hydrogens (tertiary/aromatic N) is 4. The van der Waals surface area contributed by atoms with Crippen molar-refractivity contribution in [2.75, 3.05) is 11.4 Å². The summed E-state index contributed by atoms with van der Waals surface area (Å²) in [6.45, 7) is 1.88. The Bertz CT molecular complexity index is 1290. The van der Waals surface area contributed by atoms with E-state index in [0.717, 1.165) is 9.87 Å². The van der Waals surface area contributed by atoms with Gasteiger partial charge in [-0.1, -0.05) is 29.8 Å². The van der Waals surface area contributed by atoms with Gasteiger partial charge in [-0.15, -0.1) is 5.10 Å². The molecule has 4 aromatic rings. The number of anilines is 1. The summed E-state index contributed by atoms with van der Waals surface area (Å²) in [5.74, 6) is 0.0719. The highest BCUT2D eigenvalue weighted by Crippen LogP contribution is 2.26. The number of aromatic amines is 1. The van der Waals surface area contributed by atoms with Crippen molar-refractivity contribution in [2.45, 2.75) is 11.8 Å². The highest BCUT2D eigenvalue weighted by atomic mass is 32.2. The summed E-state index contributed by atoms with van der Waals surface area (Å²) in [6, 6.07) is 13.5. The third kappa shape index (κ3) is 2.36. The van der Waals surface area contributed by atoms with Gasteiger partial charge in [0.05, 0.1) is 15.9 Å². The standard InChI is InChI=1S/C17H15N5O3S/c1-11-7-9-12(10-8-11)26(24,25)21(2)15-16-19-20-17(23)22(16)14-6-4-3-5-13(14)18-15/h3-10H,1-2H3,(H,20,23). The summed E-state index contributed by atoms with van der Waals surface area (Å²) in [5, 5.41) is 6.33. The van der Waals surface area contributed by atoms with E-state index in [1.54, 1.807) is 36.4 Å². The average Bonchev–Trinajstić information content (AvgIpc) is 3.03. The van der Waals surface area contributed by atoms with Crippen molar-refractivity contribution in [2.24, 2.45) is 0 Å². The fourth-order valence-electron chi connectivity index (χ4n) is 2.78. The van der Waals surface area contributed by atoms with Crippen LogP contribution in [-0.2, 0) is 10.0 Å². The number of aromatic nitrogens is 4. The maximum Gasteiger partial charge on any atom is 0.348 e. The van der Waals surface area contributed by atoms with Gasteiger partial charge in [-0.05, 0) is 31.2 Å². The smallest absolute Gasteiger partial charge is 0.250 e. The van der Waals surface area contributed by atoms with Crippen LogP contribution < -0.4 is 9.99 Å². The van der Waals surface area contributed by atoms with Gasteiger partial charge in [0.2, 0.25) is 5.65 Å². The maximum atomic E-state index is 13.0. The number of rotatable bonds is 3. The molecule has 2 heterocycles. The number of para-hydroxylation sites is 2. The van der Waals surface area contributed by atoms with Gasteiger partial charge in [-0.25, -0.2) is 32.0 Å². The molecule has 0 spiro atoms. The molecule has 0 bridgehead atoms. The van der Waals surface area contributed by atoms with Crippen molar-refractivity contribution >= 4 is 32.5 Å². The van der Waals surface area contributed by atoms with Gasteiger partial charge in [0.15, 0.2) is 5.82 Å². The lowest BCUT2D eigenvalue weighted by atomic mass is 10.2. The van der Waals surface area contributed by atoms with Crippen LogP contribution in [0.15, 0.2) is 58.2 Å². The highest BCUT2D eigenvalue weighted by molar-refractivity contribution is 7.92. The van der Waals surface area contributed by atoms with E-state index in [9.17, 15) is 13.2 Å². The van der Waals surface area contributed by atoms with Gasteiger partial charge in [0.1, 0.15) is 0 Å². The second-order valence-corrected chi connectivity index (χ2v) is 7.87. The van der Waals surface area contributed by atoms with Crippen LogP contribution in [-0.4, -0.2) is 35.0 Å². The molecule has 2 aromatic carbocycles. The van der Waals surface area contributed by atoms with Crippen molar-refractivity contribution in [3.05, 3.63) is 64.6 Å². The Hall–Kier alpha value is -3.20. The predicted molar refractivity (Wildman–Crippen MR) is 97.9 cm³/mol. The first kappa shape index (κ1) is 16.3. The van der Waals surface area contributed by atoms with E-state index in [2.05, 4.69) is 15.2 Å². The Morgan fingerprint density at radius 1 is 1.08 bits per heavy atom. The summed E-state index contributed by atoms with van der Waals surface area (Å²) >= 11 is 0. The lowest BCUT2D eigenvalue weighted by molar-refractivity contribution is 0.594. The van der Waals surface area contributed by atoms with Gasteiger partial charge >= 0.3 is 5.69 Å². The number of nitrogens with one attached hydrogen (secondary N) is 1. The minimum absolute atomic E-state index is 0.0719. The zero-order valence-electron chi connectivity index (χ0n) is 14.0. The van der Waals surface area contributed by atoms with E-state index in [1.807, 2.05) is 6.92 Å². The van der Waals surface area contributed by atoms with Crippen LogP contribution in [0.25, 0.3) is 16.7 Å². The number of fused-ring (bicyclic) bond motifs is 3. The third-order valence-electron chi connectivity index (χ3n) is 4.20. The van der Waals surface area contributed by atoms with Gasteiger partial charge in [0.25, 0.3) is 10.0 Å². The zero-order chi connectivity index (χ0) is 18.5. The predicted octanol–water partition coefficient (Wildman–Crippen LogP) is 1.70. The highest BCUT2D eigenvalue weighted by Gasteiger charge is 2.26. The quantitative estimate of drug-likeness (QED) is 0.592. The second-order valence-electron chi connectivity index (χ2n) is 5.90. The van der Waals surface area contributed by atoms with Crippen LogP contribution in [0.2, 0.25) is 0 Å². The molecule has 0 fully saturated rings. The number of hydrogen-bond donors (Lipinski definition) is 1. The molecule has 0 amide bonds. The Labute approximate surface area is 148 Å². The third-order valence-corrected chi connectivity index (χ3v) is 5.96. The number of H-pyrrole nitrogens is 1. The molecule has 2 aromatic heterocycles. The number of hydrogen-bond acceptors (Lipinski definition) is 5. The molecular formula is C17H15N5O3S. The number of benzene rings is 2. The lowest BCUT2D eigenvalue weighted by Crippen LogP contribution is -2.28. The molecule has 9 heteroatoms. The van der Waals surface area contributed by atoms with Crippen LogP contribution in [0.5, 0.6) is 0 Å². The molecule has 0 aliphatic carbocycles. The van der Waals surface area contributed by atoms with Crippen LogP contribution in [0.4, 0.5) is 5.82 Å². The molecule has 132 valence electrons. The van der Waals surface area contributed by atoms with Crippen LogP contribution >= 0.6 is 0 Å². The molecular weight excluding hydrogens is 354 g/mol. The first-order chi connectivity index (χ1) is 12.4. The fourth-order valence-corrected chi connectivity index (χ4v) is 3.92. The number of aryl methyl sites for hydroxylation is 1. The molecule has 0 atom stereocenters. The topological polar surface area (TPSA) is 100 Å². The van der Waals surface area contributed by atoms with Crippen molar-refractivity contribution in [3.8, 4) is 0 Å². The first-order valence-corrected chi connectivity index (χ1v) is 9.25. The molecule has 0 aliphatic heterocycles. The molecule has 0 saturated carbocycles. The molecule has 26 heavy (non-hydrogen) atoms. The monoisotopic (exact) mass is 369 g/mol. The fraction of sp³-hybridized carbons (Fsp3) is 0.118. The van der Waals surface area contributed by atoms with Crippen LogP contribution in [0, 0.1) is 6.92 Å². The SMILES string of the molecule is Cc1ccc(S(=O)(=O)N(C)c2nc3ccccc3n3c(=O)[nH]nc23)cc1. The summed E-state index contributed by atoms with van der Waals surface area (Å²) in [5.41, 5.74) is 1.68. The van der Waals surface area contributed by atoms with E-state index < -0.39 is 15.7 Å². The zero-order valence-corrected chi connectivity index (χ0v) is 14.9. The summed E-state index contributed by atoms with van der Waals surface area (Å²) in [4.78, 5) is 16.7. The molecule has 0 aliphatic rings. The first-order valence-electron chi connectivity index (χ1n) is 7.81. The summed E-state index contributed by atoms with van der Waals surface area (Å²) in [7, 11) is -2.46. The maximum absolute atomic E-state index is 13.0. The Morgan fingerprint density at radius 3 is 2.50 bits per heavy atom. The molecule has 8 nitrogen and oxygen atoms in total. The van der Waals surface area contributed by atoms with Crippen molar-refractivity contribution in [1.82, 2.24) is 19.6 Å². The molecule has 1 N–H and O–H groups in total. The second kappa shape index (κ2) is 5.67. The van der Waals surface area contributed by atoms with Gasteiger partial charge in [0, 0.05) is 7.05 Å². The molecule has 0 saturated heterocycles. The van der Waals surface area contributed by atoms with Gasteiger partial charge in [-0.3, -0.25) is 0 Å². The van der Waals surface area contributed by atoms with E-state index in [1.165, 1.54) is 23.6 Å². The van der Waals surface area contributed by atoms with Crippen molar-refractivity contribution < 1.29 is 8.42 Å². The average molecular weight is 369 g/mol. The minimum Gasteiger partial charge on any atom is -0.250 e. The summed E-state index contributed by atoms with van der Waals surface area (Å²) in [6.07, 6.45) is 0. The van der Waals surface area contributed by atoms with E-state index >= 15 is 0 Å². The Balaban J connectivity index is 1.98. The minimum atomic E-state index is -3.86. The largest absolute Gasteiger partial charge is 0.348 e. The summed E-state index contributed by atoms with van der Waals surface area (Å²) < 4.78 is 28.3. The molecule has 0 radical (unpaired) electrons. The van der Waals surface area contributed by atoms with Crippen LogP contribution in [0.1, 0.15) is 5.56 Å². The van der Waals surface area contributed by atoms with E-state index in [-0.39, 0.29) is 16.4 Å². The van der Waals surface area contributed by atoms with Gasteiger partial charge in [-0.2, -0.15) is 0 Å². The van der Waals surface area contributed by atoms with E-state index in [0.29, 0.717) is 11.0 Å². The van der Waals surface area contributed by atoms with E-state index in [4.69, 9.17) is 0 Å². The van der Waals surface area contributed by atoms with Crippen LogP contribution in [0.3, 0.4) is 0 Å². The Kier molecular flexibility index (Phi) is 3.55. The number of sulfonamides is 1. The van der Waals surface area contributed by atoms with Crippen molar-refractivity contribution in [3.63, 3.8) is 0 Å². The molecule has 4 rings (SSSR count). The molecule has 0 unspecified atom stereocenters. The lowest BCUT2D eigenvalue weighted by Gasteiger charge is -2.19. The van der Waals surface area contributed by atoms with Crippen molar-refractivity contribution in [1.29, 1.82) is 0 Å². The Morgan fingerprint density at radius 2 is 1.77 bits per heavy atom. The normalized spacial score (nSPS) is 11.9. The van der Waals surface area contributed by atoms with Gasteiger partial charge < -0.3 is 0 Å².